The molecule has 3 rings (SSSR count). The fraction of sp³-hybridized carbons (Fsp3) is 0.0526. The second-order valence-corrected chi connectivity index (χ2v) is 7.55. The van der Waals surface area contributed by atoms with Crippen LogP contribution < -0.4 is 11.2 Å². The predicted octanol–water partition coefficient (Wildman–Crippen LogP) is 4.39. The number of thiocarbonyl (C=S) groups is 1. The van der Waals surface area contributed by atoms with Gasteiger partial charge in [0.2, 0.25) is 0 Å². The summed E-state index contributed by atoms with van der Waals surface area (Å²) in [5.74, 6) is 0. The minimum atomic E-state index is -4.72. The first-order valence-corrected chi connectivity index (χ1v) is 9.92. The van der Waals surface area contributed by atoms with Crippen LogP contribution in [0.25, 0.3) is 11.3 Å². The number of hydrogen-bond donors (Lipinski definition) is 2. The van der Waals surface area contributed by atoms with Crippen LogP contribution in [0, 0.1) is 10.1 Å². The van der Waals surface area contributed by atoms with E-state index in [1.807, 2.05) is 0 Å². The SMILES string of the molecule is NC(=S)N/N=C\c1ccc(Sc2nc(-c3ccccc3)cc(C(F)(F)F)n2)c([N+](=O)[O-])c1. The van der Waals surface area contributed by atoms with Gasteiger partial charge in [-0.1, -0.05) is 36.4 Å². The van der Waals surface area contributed by atoms with E-state index in [-0.39, 0.29) is 26.5 Å². The van der Waals surface area contributed by atoms with Crippen LogP contribution in [0.5, 0.6) is 0 Å². The van der Waals surface area contributed by atoms with Crippen LogP contribution in [0.4, 0.5) is 18.9 Å². The fourth-order valence-corrected chi connectivity index (χ4v) is 3.40. The molecule has 0 spiro atoms. The minimum Gasteiger partial charge on any atom is -0.375 e. The normalized spacial score (nSPS) is 11.5. The molecule has 1 heterocycles. The standard InChI is InChI=1S/C19H13F3N6O2S2/c20-19(21,22)16-9-13(12-4-2-1-3-5-12)25-18(26-16)32-15-7-6-11(8-14(15)28(29)30)10-24-27-17(23)31/h1-10H,(H3,23,27,31)/b24-10-. The van der Waals surface area contributed by atoms with Crippen molar-refractivity contribution in [1.29, 1.82) is 0 Å². The second-order valence-electron chi connectivity index (χ2n) is 6.11. The van der Waals surface area contributed by atoms with E-state index >= 15 is 0 Å². The summed E-state index contributed by atoms with van der Waals surface area (Å²) in [6.45, 7) is 0. The van der Waals surface area contributed by atoms with Crippen LogP contribution >= 0.6 is 24.0 Å². The number of nitrogens with zero attached hydrogens (tertiary/aromatic N) is 4. The monoisotopic (exact) mass is 478 g/mol. The topological polar surface area (TPSA) is 119 Å². The van der Waals surface area contributed by atoms with E-state index in [4.69, 9.17) is 5.73 Å². The van der Waals surface area contributed by atoms with Gasteiger partial charge >= 0.3 is 6.18 Å². The molecule has 2 aromatic carbocycles. The zero-order valence-electron chi connectivity index (χ0n) is 15.9. The van der Waals surface area contributed by atoms with E-state index in [1.165, 1.54) is 24.4 Å². The van der Waals surface area contributed by atoms with Crippen molar-refractivity contribution < 1.29 is 18.1 Å². The molecule has 0 radical (unpaired) electrons. The summed E-state index contributed by atoms with van der Waals surface area (Å²) in [5, 5.41) is 14.9. The summed E-state index contributed by atoms with van der Waals surface area (Å²) >= 11 is 5.26. The number of alkyl halides is 3. The summed E-state index contributed by atoms with van der Waals surface area (Å²) in [6.07, 6.45) is -3.46. The number of rotatable bonds is 6. The van der Waals surface area contributed by atoms with Gasteiger partial charge in [0.05, 0.1) is 21.7 Å². The zero-order valence-corrected chi connectivity index (χ0v) is 17.5. The number of hydrogen-bond acceptors (Lipinski definition) is 7. The third-order valence-corrected chi connectivity index (χ3v) is 4.86. The van der Waals surface area contributed by atoms with Crippen molar-refractivity contribution in [2.45, 2.75) is 16.2 Å². The average molecular weight is 478 g/mol. The Hall–Kier alpha value is -3.58. The molecule has 0 aliphatic carbocycles. The van der Waals surface area contributed by atoms with E-state index in [1.54, 1.807) is 30.3 Å². The van der Waals surface area contributed by atoms with E-state index in [9.17, 15) is 23.3 Å². The summed E-state index contributed by atoms with van der Waals surface area (Å²) in [7, 11) is 0. The lowest BCUT2D eigenvalue weighted by Crippen LogP contribution is -2.23. The minimum absolute atomic E-state index is 0.0469. The van der Waals surface area contributed by atoms with Crippen LogP contribution in [0.2, 0.25) is 0 Å². The third kappa shape index (κ3) is 5.98. The molecule has 164 valence electrons. The maximum absolute atomic E-state index is 13.4. The molecule has 0 fully saturated rings. The Morgan fingerprint density at radius 2 is 1.91 bits per heavy atom. The molecular formula is C19H13F3N6O2S2. The highest BCUT2D eigenvalue weighted by atomic mass is 32.2. The van der Waals surface area contributed by atoms with Gasteiger partial charge in [0.25, 0.3) is 5.69 Å². The van der Waals surface area contributed by atoms with Gasteiger partial charge in [0.15, 0.2) is 10.3 Å². The number of nitrogens with one attached hydrogen (secondary N) is 1. The molecular weight excluding hydrogens is 465 g/mol. The molecule has 3 N–H and O–H groups in total. The Balaban J connectivity index is 2.01. The molecule has 0 unspecified atom stereocenters. The van der Waals surface area contributed by atoms with E-state index in [0.29, 0.717) is 22.9 Å². The van der Waals surface area contributed by atoms with Gasteiger partial charge < -0.3 is 5.73 Å². The molecule has 0 bridgehead atoms. The molecule has 0 amide bonds. The maximum Gasteiger partial charge on any atom is 0.433 e. The second kappa shape index (κ2) is 9.70. The third-order valence-electron chi connectivity index (χ3n) is 3.83. The fourth-order valence-electron chi connectivity index (χ4n) is 2.49. The molecule has 8 nitrogen and oxygen atoms in total. The molecule has 1 aromatic heterocycles. The van der Waals surface area contributed by atoms with Crippen molar-refractivity contribution in [3.63, 3.8) is 0 Å². The summed E-state index contributed by atoms with van der Waals surface area (Å²) in [5.41, 5.74) is 6.91. The van der Waals surface area contributed by atoms with Gasteiger partial charge in [-0.15, -0.1) is 0 Å². The lowest BCUT2D eigenvalue weighted by atomic mass is 10.1. The van der Waals surface area contributed by atoms with Gasteiger partial charge in [-0.05, 0) is 36.1 Å². The van der Waals surface area contributed by atoms with Crippen LogP contribution in [0.1, 0.15) is 11.3 Å². The van der Waals surface area contributed by atoms with E-state index in [2.05, 4.69) is 32.7 Å². The van der Waals surface area contributed by atoms with Crippen LogP contribution in [0.3, 0.4) is 0 Å². The molecule has 0 aliphatic rings. The number of benzene rings is 2. The van der Waals surface area contributed by atoms with Crippen molar-refractivity contribution in [3.8, 4) is 11.3 Å². The summed E-state index contributed by atoms with van der Waals surface area (Å²) < 4.78 is 40.2. The van der Waals surface area contributed by atoms with Crippen molar-refractivity contribution in [1.82, 2.24) is 15.4 Å². The van der Waals surface area contributed by atoms with Gasteiger partial charge in [-0.3, -0.25) is 15.5 Å². The number of hydrazone groups is 1. The van der Waals surface area contributed by atoms with E-state index < -0.39 is 16.8 Å². The smallest absolute Gasteiger partial charge is 0.375 e. The Kier molecular flexibility index (Phi) is 7.00. The van der Waals surface area contributed by atoms with Gasteiger partial charge in [0, 0.05) is 17.2 Å². The molecule has 0 saturated carbocycles. The molecule has 13 heteroatoms. The molecule has 32 heavy (non-hydrogen) atoms. The van der Waals surface area contributed by atoms with Crippen molar-refractivity contribution in [2.24, 2.45) is 10.8 Å². The quantitative estimate of drug-likeness (QED) is 0.176. The molecule has 0 atom stereocenters. The number of nitro benzene ring substituents is 1. The lowest BCUT2D eigenvalue weighted by Gasteiger charge is -2.11. The summed E-state index contributed by atoms with van der Waals surface area (Å²) in [4.78, 5) is 18.7. The highest BCUT2D eigenvalue weighted by Crippen LogP contribution is 2.37. The molecule has 0 saturated heterocycles. The molecule has 3 aromatic rings. The van der Waals surface area contributed by atoms with Crippen LogP contribution in [-0.2, 0) is 6.18 Å². The number of nitrogens with two attached hydrogens (primary N) is 1. The van der Waals surface area contributed by atoms with Crippen molar-refractivity contribution >= 4 is 41.0 Å². The predicted molar refractivity (Wildman–Crippen MR) is 117 cm³/mol. The number of nitro groups is 1. The molecule has 0 aliphatic heterocycles. The highest BCUT2D eigenvalue weighted by Gasteiger charge is 2.34. The maximum atomic E-state index is 13.4. The van der Waals surface area contributed by atoms with Crippen molar-refractivity contribution in [2.75, 3.05) is 0 Å². The summed E-state index contributed by atoms with van der Waals surface area (Å²) in [6, 6.07) is 13.2. The first-order valence-electron chi connectivity index (χ1n) is 8.70. The largest absolute Gasteiger partial charge is 0.433 e. The first kappa shape index (κ1) is 23.1. The van der Waals surface area contributed by atoms with Crippen molar-refractivity contribution in [3.05, 3.63) is 76.0 Å². The van der Waals surface area contributed by atoms with Crippen LogP contribution in [0.15, 0.2) is 69.8 Å². The van der Waals surface area contributed by atoms with Gasteiger partial charge in [-0.2, -0.15) is 18.3 Å². The highest BCUT2D eigenvalue weighted by molar-refractivity contribution is 7.99. The zero-order chi connectivity index (χ0) is 23.3. The first-order chi connectivity index (χ1) is 15.1. The Labute approximate surface area is 188 Å². The average Bonchev–Trinajstić information content (AvgIpc) is 2.74. The van der Waals surface area contributed by atoms with Crippen LogP contribution in [-0.4, -0.2) is 26.2 Å². The van der Waals surface area contributed by atoms with E-state index in [0.717, 1.165) is 6.07 Å². The van der Waals surface area contributed by atoms with Gasteiger partial charge in [0.1, 0.15) is 5.69 Å². The Bertz CT molecular complexity index is 1190. The Morgan fingerprint density at radius 3 is 2.53 bits per heavy atom. The number of aromatic nitrogens is 2. The van der Waals surface area contributed by atoms with Gasteiger partial charge in [-0.25, -0.2) is 9.97 Å². The Morgan fingerprint density at radius 1 is 1.19 bits per heavy atom. The number of halogens is 3. The lowest BCUT2D eigenvalue weighted by molar-refractivity contribution is -0.387.